The molecule has 0 aliphatic rings. The van der Waals surface area contributed by atoms with Gasteiger partial charge in [-0.1, -0.05) is 54.6 Å². The lowest BCUT2D eigenvalue weighted by atomic mass is 9.94. The quantitative estimate of drug-likeness (QED) is 0.108. The van der Waals surface area contributed by atoms with Crippen LogP contribution in [0.5, 0.6) is 11.5 Å². The summed E-state index contributed by atoms with van der Waals surface area (Å²) in [7, 11) is 0.910. The van der Waals surface area contributed by atoms with E-state index in [0.29, 0.717) is 45.9 Å². The van der Waals surface area contributed by atoms with Gasteiger partial charge in [-0.2, -0.15) is 13.2 Å². The fourth-order valence-electron chi connectivity index (χ4n) is 6.64. The van der Waals surface area contributed by atoms with Gasteiger partial charge in [-0.15, -0.1) is 0 Å². The number of imidazole rings is 1. The molecule has 0 aliphatic carbocycles. The van der Waals surface area contributed by atoms with Gasteiger partial charge in [0.2, 0.25) is 0 Å². The molecule has 308 valence electrons. The van der Waals surface area contributed by atoms with Crippen LogP contribution < -0.4 is 19.1 Å². The second-order valence-electron chi connectivity index (χ2n) is 14.0. The van der Waals surface area contributed by atoms with Crippen molar-refractivity contribution in [2.24, 2.45) is 7.05 Å². The molecule has 0 bridgehead atoms. The maximum atomic E-state index is 14.2. The van der Waals surface area contributed by atoms with Crippen molar-refractivity contribution < 1.29 is 40.6 Å². The van der Waals surface area contributed by atoms with Crippen LogP contribution in [0.3, 0.4) is 0 Å². The topological polar surface area (TPSA) is 112 Å². The van der Waals surface area contributed by atoms with Crippen LogP contribution in [-0.2, 0) is 47.7 Å². The number of esters is 1. The number of benzene rings is 6. The van der Waals surface area contributed by atoms with Gasteiger partial charge in [-0.3, -0.25) is 4.31 Å². The average Bonchev–Trinajstić information content (AvgIpc) is 3.55. The number of anilines is 2. The summed E-state index contributed by atoms with van der Waals surface area (Å²) in [5, 5.41) is 3.41. The summed E-state index contributed by atoms with van der Waals surface area (Å²) in [4.78, 5) is 18.8. The molecule has 0 amide bonds. The number of halogens is 3. The highest BCUT2D eigenvalue weighted by molar-refractivity contribution is 7.92. The zero-order valence-corrected chi connectivity index (χ0v) is 34.0. The Morgan fingerprint density at radius 1 is 0.817 bits per heavy atom. The van der Waals surface area contributed by atoms with Crippen molar-refractivity contribution in [3.63, 3.8) is 0 Å². The summed E-state index contributed by atoms with van der Waals surface area (Å²) in [5.41, 5.74) is 4.80. The van der Waals surface area contributed by atoms with Crippen LogP contribution in [0.2, 0.25) is 0 Å². The van der Waals surface area contributed by atoms with Crippen molar-refractivity contribution in [2.75, 3.05) is 23.8 Å². The second-order valence-corrected chi connectivity index (χ2v) is 16.0. The molecule has 0 aliphatic heterocycles. The number of nitrogens with one attached hydrogen (secondary N) is 1. The van der Waals surface area contributed by atoms with Gasteiger partial charge in [0.1, 0.15) is 30.5 Å². The summed E-state index contributed by atoms with van der Waals surface area (Å²) in [5.74, 6) is 0.954. The number of rotatable bonds is 14. The molecule has 6 aromatic carbocycles. The number of carbonyl (C=O) groups excluding carboxylic acids is 1. The molecule has 0 unspecified atom stereocenters. The number of hydrogen-bond donors (Lipinski definition) is 1. The molecule has 0 atom stereocenters. The number of aromatic nitrogens is 2. The minimum atomic E-state index is -4.52. The Bertz CT molecular complexity index is 2740. The highest BCUT2D eigenvalue weighted by atomic mass is 32.2. The Kier molecular flexibility index (Phi) is 11.9. The first-order chi connectivity index (χ1) is 28.7. The van der Waals surface area contributed by atoms with E-state index in [2.05, 4.69) is 10.3 Å². The van der Waals surface area contributed by atoms with E-state index in [-0.39, 0.29) is 29.4 Å². The number of carbonyl (C=O) groups is 1. The number of alkyl halides is 3. The third kappa shape index (κ3) is 9.08. The van der Waals surface area contributed by atoms with Crippen LogP contribution >= 0.6 is 0 Å². The zero-order valence-electron chi connectivity index (χ0n) is 33.2. The molecule has 0 spiro atoms. The Hall–Kier alpha value is -6.80. The lowest BCUT2D eigenvalue weighted by Gasteiger charge is -2.21. The zero-order chi connectivity index (χ0) is 42.6. The van der Waals surface area contributed by atoms with Gasteiger partial charge >= 0.3 is 12.1 Å². The number of fused-ring (bicyclic) bond motifs is 1. The van der Waals surface area contributed by atoms with Crippen molar-refractivity contribution in [1.29, 1.82) is 0 Å². The molecular formula is C46H41F3N4O6S. The Morgan fingerprint density at radius 3 is 2.17 bits per heavy atom. The predicted octanol–water partition coefficient (Wildman–Crippen LogP) is 9.95. The maximum absolute atomic E-state index is 14.2. The van der Waals surface area contributed by atoms with Crippen molar-refractivity contribution in [1.82, 2.24) is 9.55 Å². The van der Waals surface area contributed by atoms with Crippen molar-refractivity contribution in [3.8, 4) is 22.6 Å². The van der Waals surface area contributed by atoms with E-state index in [1.54, 1.807) is 61.7 Å². The van der Waals surface area contributed by atoms with Crippen molar-refractivity contribution >= 4 is 38.4 Å². The highest BCUT2D eigenvalue weighted by Crippen LogP contribution is 2.35. The predicted molar refractivity (Wildman–Crippen MR) is 225 cm³/mol. The van der Waals surface area contributed by atoms with Gasteiger partial charge in [-0.25, -0.2) is 18.2 Å². The average molecular weight is 835 g/mol. The van der Waals surface area contributed by atoms with Crippen LogP contribution in [0.1, 0.15) is 38.4 Å². The van der Waals surface area contributed by atoms with Crippen LogP contribution in [0, 0.1) is 6.92 Å². The number of ether oxygens (including phenoxy) is 3. The van der Waals surface area contributed by atoms with Gasteiger partial charge in [0.25, 0.3) is 10.0 Å². The molecule has 60 heavy (non-hydrogen) atoms. The Morgan fingerprint density at radius 2 is 1.50 bits per heavy atom. The first kappa shape index (κ1) is 41.4. The van der Waals surface area contributed by atoms with Gasteiger partial charge in [0.05, 0.1) is 39.9 Å². The molecule has 7 aromatic rings. The maximum Gasteiger partial charge on any atom is 0.416 e. The lowest BCUT2D eigenvalue weighted by Crippen LogP contribution is -2.26. The van der Waals surface area contributed by atoms with Crippen molar-refractivity contribution in [3.05, 3.63) is 167 Å². The van der Waals surface area contributed by atoms with Crippen LogP contribution in [0.25, 0.3) is 22.2 Å². The summed E-state index contributed by atoms with van der Waals surface area (Å²) >= 11 is 0. The van der Waals surface area contributed by atoms with Crippen LogP contribution in [0.15, 0.2) is 138 Å². The normalized spacial score (nSPS) is 11.7. The van der Waals surface area contributed by atoms with E-state index in [0.717, 1.165) is 34.6 Å². The molecule has 0 saturated heterocycles. The molecule has 1 aromatic heterocycles. The standard InChI is InChI=1S/C46H41F3N4O6S/c1-30-51-42-26-40(22-23-43(42)52(30)2)60(55,56)53(3)37-16-12-33(13-17-37)41-25-36(50-27-31-10-18-38(57-4)19-11-31)24-34(29-58-39-20-14-35(15-21-39)46(47,48)49)44(41)45(54)59-28-32-8-6-5-7-9-32/h5-26,50H,27-29H2,1-4H3. The molecule has 10 nitrogen and oxygen atoms in total. The second kappa shape index (κ2) is 17.2. The number of nitrogens with zero attached hydrogens (tertiary/aromatic N) is 3. The molecule has 1 N–H and O–H groups in total. The minimum absolute atomic E-state index is 0.0265. The van der Waals surface area contributed by atoms with E-state index < -0.39 is 27.7 Å². The Balaban J connectivity index is 1.26. The third-order valence-electron chi connectivity index (χ3n) is 10.1. The monoisotopic (exact) mass is 834 g/mol. The van der Waals surface area contributed by atoms with Gasteiger partial charge in [0.15, 0.2) is 0 Å². The molecular weight excluding hydrogens is 794 g/mol. The summed E-state index contributed by atoms with van der Waals surface area (Å²) in [6, 6.07) is 36.1. The number of aryl methyl sites for hydroxylation is 2. The minimum Gasteiger partial charge on any atom is -0.497 e. The molecule has 7 rings (SSSR count). The SMILES string of the molecule is COc1ccc(CNc2cc(COc3ccc(C(F)(F)F)cc3)c(C(=O)OCc3ccccc3)c(-c3ccc(N(C)S(=O)(=O)c4ccc5c(c4)nc(C)n5C)cc3)c2)cc1. The number of sulfonamides is 1. The summed E-state index contributed by atoms with van der Waals surface area (Å²) in [6.45, 7) is 2.01. The largest absolute Gasteiger partial charge is 0.497 e. The fraction of sp³-hybridized carbons (Fsp3) is 0.174. The van der Waals surface area contributed by atoms with Crippen LogP contribution in [0.4, 0.5) is 24.5 Å². The van der Waals surface area contributed by atoms with Crippen molar-refractivity contribution in [2.45, 2.75) is 37.8 Å². The van der Waals surface area contributed by atoms with E-state index in [4.69, 9.17) is 14.2 Å². The lowest BCUT2D eigenvalue weighted by molar-refractivity contribution is -0.137. The Labute approximate surface area is 345 Å². The molecule has 0 saturated carbocycles. The van der Waals surface area contributed by atoms with Gasteiger partial charge in [0, 0.05) is 31.9 Å². The first-order valence-electron chi connectivity index (χ1n) is 18.8. The third-order valence-corrected chi connectivity index (χ3v) is 11.9. The van der Waals surface area contributed by atoms with E-state index in [9.17, 15) is 26.4 Å². The van der Waals surface area contributed by atoms with E-state index in [1.807, 2.05) is 73.1 Å². The summed E-state index contributed by atoms with van der Waals surface area (Å²) in [6.07, 6.45) is -4.52. The fourth-order valence-corrected chi connectivity index (χ4v) is 7.86. The first-order valence-corrected chi connectivity index (χ1v) is 20.2. The van der Waals surface area contributed by atoms with Gasteiger partial charge in [-0.05, 0) is 108 Å². The molecule has 0 radical (unpaired) electrons. The summed E-state index contributed by atoms with van der Waals surface area (Å²) < 4.78 is 87.9. The number of hydrogen-bond acceptors (Lipinski definition) is 8. The van der Waals surface area contributed by atoms with E-state index >= 15 is 0 Å². The molecule has 14 heteroatoms. The molecule has 1 heterocycles. The highest BCUT2D eigenvalue weighted by Gasteiger charge is 2.30. The van der Waals surface area contributed by atoms with E-state index in [1.165, 1.54) is 23.5 Å². The molecule has 0 fully saturated rings. The van der Waals surface area contributed by atoms with Crippen LogP contribution in [-0.4, -0.2) is 38.1 Å². The number of methoxy groups -OCH3 is 1. The van der Waals surface area contributed by atoms with Gasteiger partial charge < -0.3 is 24.1 Å². The smallest absolute Gasteiger partial charge is 0.416 e.